The predicted molar refractivity (Wildman–Crippen MR) is 73.3 cm³/mol. The van der Waals surface area contributed by atoms with E-state index < -0.39 is 11.5 Å². The first-order valence-electron chi connectivity index (χ1n) is 6.05. The second-order valence-electron chi connectivity index (χ2n) is 4.83. The first-order valence-corrected chi connectivity index (χ1v) is 6.93. The molecular weight excluding hydrogens is 266 g/mol. The van der Waals surface area contributed by atoms with Gasteiger partial charge in [0.1, 0.15) is 0 Å². The second-order valence-corrected chi connectivity index (χ2v) is 5.81. The average Bonchev–Trinajstić information content (AvgIpc) is 2.79. The third-order valence-electron chi connectivity index (χ3n) is 2.52. The lowest BCUT2D eigenvalue weighted by atomic mass is 9.99. The van der Waals surface area contributed by atoms with Crippen LogP contribution in [0.2, 0.25) is 0 Å². The lowest BCUT2D eigenvalue weighted by Gasteiger charge is -2.25. The molecule has 0 saturated carbocycles. The molecule has 0 aromatic carbocycles. The van der Waals surface area contributed by atoms with Crippen LogP contribution in [0, 0.1) is 0 Å². The van der Waals surface area contributed by atoms with Gasteiger partial charge in [0.15, 0.2) is 0 Å². The van der Waals surface area contributed by atoms with E-state index in [9.17, 15) is 9.59 Å². The number of thiazole rings is 1. The summed E-state index contributed by atoms with van der Waals surface area (Å²) in [6.07, 6.45) is 2.85. The lowest BCUT2D eigenvalue weighted by molar-refractivity contribution is -0.137. The highest BCUT2D eigenvalue weighted by Gasteiger charge is 2.21. The standard InChI is InChI=1S/C12H19N3O3S/c1-12(2,5-3-10(16)17)15-11(18)14-6-4-9-13-7-8-19-9/h7-8H,3-6H2,1-2H3,(H,16,17)(H2,14,15,18). The van der Waals surface area contributed by atoms with Gasteiger partial charge in [-0.2, -0.15) is 0 Å². The molecule has 0 aliphatic rings. The molecule has 1 aromatic heterocycles. The van der Waals surface area contributed by atoms with Crippen LogP contribution in [0.5, 0.6) is 0 Å². The Balaban J connectivity index is 2.24. The normalized spacial score (nSPS) is 11.1. The summed E-state index contributed by atoms with van der Waals surface area (Å²) in [6.45, 7) is 4.11. The van der Waals surface area contributed by atoms with Gasteiger partial charge in [0.2, 0.25) is 0 Å². The fourth-order valence-electron chi connectivity index (χ4n) is 1.49. The molecule has 19 heavy (non-hydrogen) atoms. The summed E-state index contributed by atoms with van der Waals surface area (Å²) in [6, 6.07) is -0.285. The molecule has 3 N–H and O–H groups in total. The van der Waals surface area contributed by atoms with Crippen molar-refractivity contribution < 1.29 is 14.7 Å². The molecule has 0 atom stereocenters. The highest BCUT2D eigenvalue weighted by Crippen LogP contribution is 2.10. The second kappa shape index (κ2) is 7.08. The SMILES string of the molecule is CC(C)(CCC(=O)O)NC(=O)NCCc1nccs1. The zero-order chi connectivity index (χ0) is 14.3. The number of hydrogen-bond donors (Lipinski definition) is 3. The number of aromatic nitrogens is 1. The van der Waals surface area contributed by atoms with Crippen LogP contribution < -0.4 is 10.6 Å². The molecule has 7 heteroatoms. The molecule has 0 fully saturated rings. The number of aliphatic carboxylic acids is 1. The molecule has 2 amide bonds. The van der Waals surface area contributed by atoms with Crippen molar-refractivity contribution in [2.45, 2.75) is 38.6 Å². The fourth-order valence-corrected chi connectivity index (χ4v) is 2.11. The number of hydrogen-bond acceptors (Lipinski definition) is 4. The van der Waals surface area contributed by atoms with Crippen molar-refractivity contribution >= 4 is 23.3 Å². The molecule has 0 aliphatic heterocycles. The smallest absolute Gasteiger partial charge is 0.315 e. The Morgan fingerprint density at radius 3 is 2.79 bits per heavy atom. The topological polar surface area (TPSA) is 91.3 Å². The minimum atomic E-state index is -0.862. The van der Waals surface area contributed by atoms with Gasteiger partial charge < -0.3 is 15.7 Å². The van der Waals surface area contributed by atoms with Crippen LogP contribution in [0.1, 0.15) is 31.7 Å². The van der Waals surface area contributed by atoms with Gasteiger partial charge in [0.05, 0.1) is 5.01 Å². The van der Waals surface area contributed by atoms with E-state index in [1.54, 1.807) is 31.4 Å². The Labute approximate surface area is 116 Å². The maximum absolute atomic E-state index is 11.6. The van der Waals surface area contributed by atoms with Gasteiger partial charge in [-0.15, -0.1) is 11.3 Å². The van der Waals surface area contributed by atoms with Gasteiger partial charge in [0, 0.05) is 36.5 Å². The Kier molecular flexibility index (Phi) is 5.75. The molecule has 0 unspecified atom stereocenters. The van der Waals surface area contributed by atoms with Crippen LogP contribution in [0.25, 0.3) is 0 Å². The summed E-state index contributed by atoms with van der Waals surface area (Å²) in [5.74, 6) is -0.862. The molecule has 0 bridgehead atoms. The van der Waals surface area contributed by atoms with Crippen molar-refractivity contribution in [2.75, 3.05) is 6.54 Å². The molecular formula is C12H19N3O3S. The number of carboxylic acid groups (broad SMARTS) is 1. The van der Waals surface area contributed by atoms with Crippen molar-refractivity contribution in [2.24, 2.45) is 0 Å². The number of nitrogens with one attached hydrogen (secondary N) is 2. The summed E-state index contributed by atoms with van der Waals surface area (Å²) < 4.78 is 0. The van der Waals surface area contributed by atoms with Crippen molar-refractivity contribution in [3.05, 3.63) is 16.6 Å². The van der Waals surface area contributed by atoms with Crippen LogP contribution in [-0.4, -0.2) is 34.2 Å². The number of carbonyl (C=O) groups is 2. The number of rotatable bonds is 7. The van der Waals surface area contributed by atoms with E-state index in [2.05, 4.69) is 15.6 Å². The fraction of sp³-hybridized carbons (Fsp3) is 0.583. The maximum Gasteiger partial charge on any atom is 0.315 e. The molecule has 0 radical (unpaired) electrons. The quantitative estimate of drug-likeness (QED) is 0.710. The van der Waals surface area contributed by atoms with Gasteiger partial charge in [0.25, 0.3) is 0 Å². The number of nitrogens with zero attached hydrogens (tertiary/aromatic N) is 1. The van der Waals surface area contributed by atoms with Gasteiger partial charge >= 0.3 is 12.0 Å². The Bertz CT molecular complexity index is 418. The van der Waals surface area contributed by atoms with Crippen molar-refractivity contribution in [1.82, 2.24) is 15.6 Å². The van der Waals surface area contributed by atoms with Crippen LogP contribution in [0.4, 0.5) is 4.79 Å². The summed E-state index contributed by atoms with van der Waals surface area (Å²) in [5.41, 5.74) is -0.538. The van der Waals surface area contributed by atoms with Gasteiger partial charge in [-0.05, 0) is 20.3 Å². The number of urea groups is 1. The summed E-state index contributed by atoms with van der Waals surface area (Å²) in [4.78, 5) is 26.3. The molecule has 1 heterocycles. The first-order chi connectivity index (χ1) is 8.89. The van der Waals surface area contributed by atoms with Crippen LogP contribution in [0.15, 0.2) is 11.6 Å². The van der Waals surface area contributed by atoms with Crippen molar-refractivity contribution in [3.63, 3.8) is 0 Å². The average molecular weight is 285 g/mol. The Hall–Kier alpha value is -1.63. The van der Waals surface area contributed by atoms with Gasteiger partial charge in [-0.3, -0.25) is 4.79 Å². The zero-order valence-electron chi connectivity index (χ0n) is 11.1. The molecule has 6 nitrogen and oxygen atoms in total. The summed E-state index contributed by atoms with van der Waals surface area (Å²) in [7, 11) is 0. The Morgan fingerprint density at radius 2 is 2.21 bits per heavy atom. The van der Waals surface area contributed by atoms with E-state index in [0.717, 1.165) is 5.01 Å². The molecule has 0 aliphatic carbocycles. The predicted octanol–water partition coefficient (Wildman–Crippen LogP) is 1.63. The van der Waals surface area contributed by atoms with Gasteiger partial charge in [-0.25, -0.2) is 9.78 Å². The zero-order valence-corrected chi connectivity index (χ0v) is 11.9. The lowest BCUT2D eigenvalue weighted by Crippen LogP contribution is -2.48. The molecule has 0 saturated heterocycles. The third kappa shape index (κ3) is 6.76. The molecule has 0 spiro atoms. The number of carbonyl (C=O) groups excluding carboxylic acids is 1. The number of carboxylic acids is 1. The van der Waals surface area contributed by atoms with E-state index in [0.29, 0.717) is 19.4 Å². The molecule has 106 valence electrons. The van der Waals surface area contributed by atoms with E-state index >= 15 is 0 Å². The molecule has 1 aromatic rings. The Morgan fingerprint density at radius 1 is 1.47 bits per heavy atom. The minimum Gasteiger partial charge on any atom is -0.481 e. The maximum atomic E-state index is 11.6. The van der Waals surface area contributed by atoms with E-state index in [1.165, 1.54) is 0 Å². The van der Waals surface area contributed by atoms with E-state index in [1.807, 2.05) is 5.38 Å². The summed E-state index contributed by atoms with van der Waals surface area (Å²) >= 11 is 1.55. The number of amides is 2. The van der Waals surface area contributed by atoms with Crippen molar-refractivity contribution in [3.8, 4) is 0 Å². The highest BCUT2D eigenvalue weighted by atomic mass is 32.1. The largest absolute Gasteiger partial charge is 0.481 e. The van der Waals surface area contributed by atoms with Gasteiger partial charge in [-0.1, -0.05) is 0 Å². The molecule has 1 rings (SSSR count). The highest BCUT2D eigenvalue weighted by molar-refractivity contribution is 7.09. The first kappa shape index (κ1) is 15.4. The van der Waals surface area contributed by atoms with E-state index in [-0.39, 0.29) is 12.5 Å². The van der Waals surface area contributed by atoms with Crippen LogP contribution in [0.3, 0.4) is 0 Å². The summed E-state index contributed by atoms with van der Waals surface area (Å²) in [5, 5.41) is 17.0. The minimum absolute atomic E-state index is 0.0341. The van der Waals surface area contributed by atoms with E-state index in [4.69, 9.17) is 5.11 Å². The van der Waals surface area contributed by atoms with Crippen molar-refractivity contribution in [1.29, 1.82) is 0 Å². The van der Waals surface area contributed by atoms with Crippen LogP contribution in [-0.2, 0) is 11.2 Å². The van der Waals surface area contributed by atoms with Crippen LogP contribution >= 0.6 is 11.3 Å². The third-order valence-corrected chi connectivity index (χ3v) is 3.36. The monoisotopic (exact) mass is 285 g/mol.